The normalized spacial score (nSPS) is 33.5. The molecule has 1 atom stereocenters. The Morgan fingerprint density at radius 1 is 0.941 bits per heavy atom. The summed E-state index contributed by atoms with van der Waals surface area (Å²) in [4.78, 5) is 5.47. The summed E-state index contributed by atoms with van der Waals surface area (Å²) >= 11 is 0. The van der Waals surface area contributed by atoms with Gasteiger partial charge < -0.3 is 9.64 Å². The second kappa shape index (κ2) is 5.68. The molecule has 3 aliphatic rings. The first-order chi connectivity index (χ1) is 8.42. The van der Waals surface area contributed by atoms with E-state index in [2.05, 4.69) is 9.80 Å². The zero-order chi connectivity index (χ0) is 11.5. The van der Waals surface area contributed by atoms with Gasteiger partial charge in [-0.05, 0) is 57.7 Å². The number of fused-ring (bicyclic) bond motifs is 1. The molecule has 0 bridgehead atoms. The van der Waals surface area contributed by atoms with Gasteiger partial charge in [-0.2, -0.15) is 0 Å². The lowest BCUT2D eigenvalue weighted by Crippen LogP contribution is -2.39. The highest BCUT2D eigenvalue weighted by molar-refractivity contribution is 4.85. The van der Waals surface area contributed by atoms with Crippen LogP contribution in [0.15, 0.2) is 0 Å². The second-order valence-corrected chi connectivity index (χ2v) is 6.00. The van der Waals surface area contributed by atoms with Crippen LogP contribution in [0, 0.1) is 5.92 Å². The molecule has 0 amide bonds. The molecule has 3 nitrogen and oxygen atoms in total. The smallest absolute Gasteiger partial charge is 0.0469 e. The summed E-state index contributed by atoms with van der Waals surface area (Å²) in [5.74, 6) is 0.900. The van der Waals surface area contributed by atoms with Crippen LogP contribution in [0.2, 0.25) is 0 Å². The Morgan fingerprint density at radius 3 is 2.65 bits per heavy atom. The first kappa shape index (κ1) is 11.9. The van der Waals surface area contributed by atoms with Crippen LogP contribution in [0.25, 0.3) is 0 Å². The van der Waals surface area contributed by atoms with Gasteiger partial charge in [0.25, 0.3) is 0 Å². The Bertz CT molecular complexity index is 240. The molecule has 0 aliphatic carbocycles. The van der Waals surface area contributed by atoms with Crippen molar-refractivity contribution in [2.75, 3.05) is 45.9 Å². The molecule has 98 valence electrons. The molecule has 3 saturated heterocycles. The third-order valence-electron chi connectivity index (χ3n) is 4.74. The van der Waals surface area contributed by atoms with Gasteiger partial charge in [-0.1, -0.05) is 0 Å². The van der Waals surface area contributed by atoms with E-state index in [9.17, 15) is 0 Å². The largest absolute Gasteiger partial charge is 0.381 e. The quantitative estimate of drug-likeness (QED) is 0.726. The highest BCUT2D eigenvalue weighted by atomic mass is 16.5. The minimum absolute atomic E-state index is 0.873. The van der Waals surface area contributed by atoms with Gasteiger partial charge in [-0.15, -0.1) is 0 Å². The van der Waals surface area contributed by atoms with Crippen molar-refractivity contribution in [2.24, 2.45) is 5.92 Å². The Hall–Kier alpha value is -0.120. The molecule has 1 unspecified atom stereocenters. The Morgan fingerprint density at radius 2 is 1.76 bits per heavy atom. The highest BCUT2D eigenvalue weighted by Crippen LogP contribution is 2.23. The SMILES string of the molecule is C1CC2CN(CC3CCOCC3)CCCN2C1. The molecule has 3 aliphatic heterocycles. The van der Waals surface area contributed by atoms with Crippen LogP contribution in [0.3, 0.4) is 0 Å². The van der Waals surface area contributed by atoms with Crippen molar-refractivity contribution in [2.45, 2.75) is 38.1 Å². The van der Waals surface area contributed by atoms with Crippen molar-refractivity contribution in [3.05, 3.63) is 0 Å². The minimum atomic E-state index is 0.873. The lowest BCUT2D eigenvalue weighted by molar-refractivity contribution is 0.0516. The zero-order valence-corrected chi connectivity index (χ0v) is 10.9. The summed E-state index contributed by atoms with van der Waals surface area (Å²) in [7, 11) is 0. The number of hydrogen-bond donors (Lipinski definition) is 0. The summed E-state index contributed by atoms with van der Waals surface area (Å²) in [5, 5.41) is 0. The summed E-state index contributed by atoms with van der Waals surface area (Å²) < 4.78 is 5.46. The van der Waals surface area contributed by atoms with E-state index in [4.69, 9.17) is 4.74 Å². The highest BCUT2D eigenvalue weighted by Gasteiger charge is 2.29. The molecule has 0 N–H and O–H groups in total. The third kappa shape index (κ3) is 3.01. The fraction of sp³-hybridized carbons (Fsp3) is 1.00. The number of rotatable bonds is 2. The number of ether oxygens (including phenoxy) is 1. The van der Waals surface area contributed by atoms with Gasteiger partial charge in [0.05, 0.1) is 0 Å². The Labute approximate surface area is 105 Å². The van der Waals surface area contributed by atoms with Gasteiger partial charge >= 0.3 is 0 Å². The van der Waals surface area contributed by atoms with Gasteiger partial charge in [0.15, 0.2) is 0 Å². The van der Waals surface area contributed by atoms with Crippen LogP contribution < -0.4 is 0 Å². The lowest BCUT2D eigenvalue weighted by Gasteiger charge is -2.30. The monoisotopic (exact) mass is 238 g/mol. The molecular weight excluding hydrogens is 212 g/mol. The fourth-order valence-electron chi connectivity index (χ4n) is 3.74. The predicted molar refractivity (Wildman–Crippen MR) is 69.2 cm³/mol. The van der Waals surface area contributed by atoms with E-state index in [1.54, 1.807) is 0 Å². The molecule has 3 heteroatoms. The van der Waals surface area contributed by atoms with E-state index in [-0.39, 0.29) is 0 Å². The van der Waals surface area contributed by atoms with Crippen molar-refractivity contribution < 1.29 is 4.74 Å². The van der Waals surface area contributed by atoms with Gasteiger partial charge in [-0.3, -0.25) is 4.90 Å². The standard InChI is InChI=1S/C14H26N2O/c1-3-14-12-15(6-2-8-16(14)7-1)11-13-4-9-17-10-5-13/h13-14H,1-12H2. The molecule has 0 aromatic heterocycles. The van der Waals surface area contributed by atoms with Crippen molar-refractivity contribution in [1.29, 1.82) is 0 Å². The molecule has 0 aromatic carbocycles. The average Bonchev–Trinajstić information content (AvgIpc) is 2.70. The fourth-order valence-corrected chi connectivity index (χ4v) is 3.74. The van der Waals surface area contributed by atoms with Crippen LogP contribution in [0.4, 0.5) is 0 Å². The van der Waals surface area contributed by atoms with Crippen molar-refractivity contribution in [1.82, 2.24) is 9.80 Å². The molecule has 0 spiro atoms. The van der Waals surface area contributed by atoms with Crippen molar-refractivity contribution in [3.63, 3.8) is 0 Å². The van der Waals surface area contributed by atoms with Gasteiger partial charge in [0.1, 0.15) is 0 Å². The summed E-state index contributed by atoms with van der Waals surface area (Å²) in [6.45, 7) is 8.67. The summed E-state index contributed by atoms with van der Waals surface area (Å²) in [6.07, 6.45) is 6.80. The van der Waals surface area contributed by atoms with Gasteiger partial charge in [0.2, 0.25) is 0 Å². The molecule has 3 rings (SSSR count). The second-order valence-electron chi connectivity index (χ2n) is 6.00. The maximum atomic E-state index is 5.46. The molecule has 3 heterocycles. The zero-order valence-electron chi connectivity index (χ0n) is 10.9. The minimum Gasteiger partial charge on any atom is -0.381 e. The third-order valence-corrected chi connectivity index (χ3v) is 4.74. The van der Waals surface area contributed by atoms with E-state index < -0.39 is 0 Å². The van der Waals surface area contributed by atoms with Crippen LogP contribution in [0.1, 0.15) is 32.1 Å². The molecule has 0 aromatic rings. The summed E-state index contributed by atoms with van der Waals surface area (Å²) in [5.41, 5.74) is 0. The van der Waals surface area contributed by atoms with E-state index in [0.717, 1.165) is 25.2 Å². The van der Waals surface area contributed by atoms with Crippen LogP contribution in [-0.4, -0.2) is 61.8 Å². The Kier molecular flexibility index (Phi) is 3.99. The molecule has 0 saturated carbocycles. The maximum Gasteiger partial charge on any atom is 0.0469 e. The predicted octanol–water partition coefficient (Wildman–Crippen LogP) is 1.58. The lowest BCUT2D eigenvalue weighted by atomic mass is 9.99. The molecule has 3 fully saturated rings. The number of hydrogen-bond acceptors (Lipinski definition) is 3. The van der Waals surface area contributed by atoms with Gasteiger partial charge in [-0.25, -0.2) is 0 Å². The van der Waals surface area contributed by atoms with Gasteiger partial charge in [0, 0.05) is 32.3 Å². The first-order valence-electron chi connectivity index (χ1n) is 7.46. The van der Waals surface area contributed by atoms with Crippen LogP contribution >= 0.6 is 0 Å². The van der Waals surface area contributed by atoms with Crippen LogP contribution in [0.5, 0.6) is 0 Å². The van der Waals surface area contributed by atoms with Crippen molar-refractivity contribution >= 4 is 0 Å². The number of nitrogens with zero attached hydrogens (tertiary/aromatic N) is 2. The Balaban J connectivity index is 1.52. The van der Waals surface area contributed by atoms with Crippen LogP contribution in [-0.2, 0) is 4.74 Å². The summed E-state index contributed by atoms with van der Waals surface area (Å²) in [6, 6.07) is 0.873. The maximum absolute atomic E-state index is 5.46. The molecule has 17 heavy (non-hydrogen) atoms. The van der Waals surface area contributed by atoms with E-state index >= 15 is 0 Å². The van der Waals surface area contributed by atoms with E-state index in [1.807, 2.05) is 0 Å². The molecular formula is C14H26N2O. The first-order valence-corrected chi connectivity index (χ1v) is 7.46. The molecule has 0 radical (unpaired) electrons. The van der Waals surface area contributed by atoms with Crippen molar-refractivity contribution in [3.8, 4) is 0 Å². The van der Waals surface area contributed by atoms with E-state index in [1.165, 1.54) is 64.8 Å². The average molecular weight is 238 g/mol. The van der Waals surface area contributed by atoms with E-state index in [0.29, 0.717) is 0 Å². The topological polar surface area (TPSA) is 15.7 Å².